The van der Waals surface area contributed by atoms with Gasteiger partial charge in [0.2, 0.25) is 0 Å². The van der Waals surface area contributed by atoms with Crippen molar-refractivity contribution in [1.82, 2.24) is 0 Å². The largest absolute Gasteiger partial charge is 0.123 e. The molecule has 0 saturated heterocycles. The first-order valence-electron chi connectivity index (χ1n) is 5.83. The third-order valence-corrected chi connectivity index (χ3v) is 3.19. The summed E-state index contributed by atoms with van der Waals surface area (Å²) in [6, 6.07) is 6.61. The molecule has 0 amide bonds. The topological polar surface area (TPSA) is 0 Å². The molecule has 0 heterocycles. The van der Waals surface area contributed by atoms with Crippen LogP contribution in [0, 0.1) is 13.8 Å². The van der Waals surface area contributed by atoms with Crippen molar-refractivity contribution in [1.29, 1.82) is 0 Å². The molecule has 1 atom stereocenters. The Labute approximate surface area is 98.7 Å². The summed E-state index contributed by atoms with van der Waals surface area (Å²) in [6.45, 7) is 6.51. The average Bonchev–Trinajstić information content (AvgIpc) is 2.20. The Bertz CT molecular complexity index is 304. The lowest BCUT2D eigenvalue weighted by Crippen LogP contribution is -2.04. The fraction of sp³-hybridized carbons (Fsp3) is 0.571. The van der Waals surface area contributed by atoms with Gasteiger partial charge < -0.3 is 0 Å². The number of halogens is 1. The van der Waals surface area contributed by atoms with Crippen LogP contribution in [0.3, 0.4) is 0 Å². The SMILES string of the molecule is CCCCC(Cl)Cc1cc(C)ccc1C. The van der Waals surface area contributed by atoms with Gasteiger partial charge in [0.15, 0.2) is 0 Å². The zero-order valence-corrected chi connectivity index (χ0v) is 10.8. The van der Waals surface area contributed by atoms with Gasteiger partial charge in [0.25, 0.3) is 0 Å². The van der Waals surface area contributed by atoms with E-state index in [0.717, 1.165) is 12.8 Å². The summed E-state index contributed by atoms with van der Waals surface area (Å²) in [7, 11) is 0. The Balaban J connectivity index is 2.59. The summed E-state index contributed by atoms with van der Waals surface area (Å²) < 4.78 is 0. The zero-order valence-electron chi connectivity index (χ0n) is 10.0. The second-order valence-corrected chi connectivity index (χ2v) is 4.99. The fourth-order valence-corrected chi connectivity index (χ4v) is 2.11. The highest BCUT2D eigenvalue weighted by atomic mass is 35.5. The molecule has 0 saturated carbocycles. The third-order valence-electron chi connectivity index (χ3n) is 2.82. The molecular formula is C14H21Cl. The summed E-state index contributed by atoms with van der Waals surface area (Å²) in [5.74, 6) is 0. The highest BCUT2D eigenvalue weighted by Gasteiger charge is 2.07. The van der Waals surface area contributed by atoms with Crippen LogP contribution in [0.5, 0.6) is 0 Å². The summed E-state index contributed by atoms with van der Waals surface area (Å²) in [5, 5.41) is 0.297. The van der Waals surface area contributed by atoms with Gasteiger partial charge in [-0.2, -0.15) is 0 Å². The lowest BCUT2D eigenvalue weighted by atomic mass is 9.99. The van der Waals surface area contributed by atoms with Crippen molar-refractivity contribution in [2.24, 2.45) is 0 Å². The molecule has 1 heteroatoms. The van der Waals surface area contributed by atoms with E-state index in [1.165, 1.54) is 29.5 Å². The third kappa shape index (κ3) is 4.25. The van der Waals surface area contributed by atoms with Crippen molar-refractivity contribution in [2.45, 2.75) is 51.8 Å². The van der Waals surface area contributed by atoms with Crippen LogP contribution in [-0.2, 0) is 6.42 Å². The van der Waals surface area contributed by atoms with Gasteiger partial charge in [-0.1, -0.05) is 43.5 Å². The summed E-state index contributed by atoms with van der Waals surface area (Å²) >= 11 is 6.32. The molecule has 0 aliphatic rings. The number of rotatable bonds is 5. The number of alkyl halides is 1. The van der Waals surface area contributed by atoms with Crippen LogP contribution in [0.2, 0.25) is 0 Å². The van der Waals surface area contributed by atoms with Gasteiger partial charge in [0.05, 0.1) is 0 Å². The average molecular weight is 225 g/mol. The molecule has 84 valence electrons. The Hall–Kier alpha value is -0.490. The zero-order chi connectivity index (χ0) is 11.3. The predicted octanol–water partition coefficient (Wildman–Crippen LogP) is 4.64. The van der Waals surface area contributed by atoms with Gasteiger partial charge in [0, 0.05) is 5.38 Å². The molecule has 0 nitrogen and oxygen atoms in total. The molecule has 0 aromatic heterocycles. The highest BCUT2D eigenvalue weighted by Crippen LogP contribution is 2.18. The maximum Gasteiger partial charge on any atom is 0.0376 e. The molecule has 1 aromatic carbocycles. The maximum absolute atomic E-state index is 6.32. The molecule has 1 unspecified atom stereocenters. The summed E-state index contributed by atoms with van der Waals surface area (Å²) in [5.41, 5.74) is 4.10. The standard InChI is InChI=1S/C14H21Cl/c1-4-5-6-14(15)10-13-9-11(2)7-8-12(13)3/h7-9,14H,4-6,10H2,1-3H3. The van der Waals surface area contributed by atoms with Crippen LogP contribution < -0.4 is 0 Å². The van der Waals surface area contributed by atoms with Crippen molar-refractivity contribution >= 4 is 11.6 Å². The summed E-state index contributed by atoms with van der Waals surface area (Å²) in [4.78, 5) is 0. The number of unbranched alkanes of at least 4 members (excludes halogenated alkanes) is 1. The molecule has 0 N–H and O–H groups in total. The minimum Gasteiger partial charge on any atom is -0.123 e. The number of aryl methyl sites for hydroxylation is 2. The van der Waals surface area contributed by atoms with Gasteiger partial charge in [-0.25, -0.2) is 0 Å². The molecule has 0 spiro atoms. The Morgan fingerprint density at radius 3 is 2.67 bits per heavy atom. The van der Waals surface area contributed by atoms with Crippen LogP contribution >= 0.6 is 11.6 Å². The highest BCUT2D eigenvalue weighted by molar-refractivity contribution is 6.20. The van der Waals surface area contributed by atoms with E-state index in [2.05, 4.69) is 39.0 Å². The lowest BCUT2D eigenvalue weighted by Gasteiger charge is -2.11. The van der Waals surface area contributed by atoms with E-state index in [4.69, 9.17) is 11.6 Å². The van der Waals surface area contributed by atoms with Crippen LogP contribution in [0.1, 0.15) is 42.9 Å². The normalized spacial score (nSPS) is 12.8. The minimum atomic E-state index is 0.297. The van der Waals surface area contributed by atoms with Crippen molar-refractivity contribution in [2.75, 3.05) is 0 Å². The van der Waals surface area contributed by atoms with E-state index < -0.39 is 0 Å². The van der Waals surface area contributed by atoms with Crippen molar-refractivity contribution < 1.29 is 0 Å². The molecule has 1 rings (SSSR count). The van der Waals surface area contributed by atoms with Gasteiger partial charge in [-0.15, -0.1) is 11.6 Å². The van der Waals surface area contributed by atoms with Gasteiger partial charge in [-0.05, 0) is 37.8 Å². The van der Waals surface area contributed by atoms with E-state index in [1.54, 1.807) is 0 Å². The van der Waals surface area contributed by atoms with Crippen molar-refractivity contribution in [3.05, 3.63) is 34.9 Å². The van der Waals surface area contributed by atoms with Crippen molar-refractivity contribution in [3.63, 3.8) is 0 Å². The first-order chi connectivity index (χ1) is 7.13. The molecular weight excluding hydrogens is 204 g/mol. The maximum atomic E-state index is 6.32. The monoisotopic (exact) mass is 224 g/mol. The molecule has 0 aliphatic carbocycles. The molecule has 0 aliphatic heterocycles. The fourth-order valence-electron chi connectivity index (χ4n) is 1.79. The van der Waals surface area contributed by atoms with E-state index in [0.29, 0.717) is 5.38 Å². The lowest BCUT2D eigenvalue weighted by molar-refractivity contribution is 0.672. The minimum absolute atomic E-state index is 0.297. The molecule has 0 radical (unpaired) electrons. The molecule has 15 heavy (non-hydrogen) atoms. The van der Waals surface area contributed by atoms with E-state index in [-0.39, 0.29) is 0 Å². The predicted molar refractivity (Wildman–Crippen MR) is 68.8 cm³/mol. The van der Waals surface area contributed by atoms with Crippen molar-refractivity contribution in [3.8, 4) is 0 Å². The number of benzene rings is 1. The van der Waals surface area contributed by atoms with E-state index >= 15 is 0 Å². The number of hydrogen-bond donors (Lipinski definition) is 0. The summed E-state index contributed by atoms with van der Waals surface area (Å²) in [6.07, 6.45) is 4.61. The first kappa shape index (κ1) is 12.6. The van der Waals surface area contributed by atoms with Crippen LogP contribution in [0.4, 0.5) is 0 Å². The van der Waals surface area contributed by atoms with E-state index in [9.17, 15) is 0 Å². The first-order valence-corrected chi connectivity index (χ1v) is 6.27. The van der Waals surface area contributed by atoms with Crippen LogP contribution in [0.25, 0.3) is 0 Å². The number of hydrogen-bond acceptors (Lipinski definition) is 0. The quantitative estimate of drug-likeness (QED) is 0.639. The van der Waals surface area contributed by atoms with Crippen LogP contribution in [0.15, 0.2) is 18.2 Å². The molecule has 0 bridgehead atoms. The molecule has 1 aromatic rings. The Morgan fingerprint density at radius 1 is 1.27 bits per heavy atom. The van der Waals surface area contributed by atoms with Crippen LogP contribution in [-0.4, -0.2) is 5.38 Å². The Morgan fingerprint density at radius 2 is 2.00 bits per heavy atom. The second kappa shape index (κ2) is 6.17. The molecule has 0 fully saturated rings. The Kier molecular flexibility index (Phi) is 5.17. The van der Waals surface area contributed by atoms with Gasteiger partial charge >= 0.3 is 0 Å². The smallest absolute Gasteiger partial charge is 0.0376 e. The van der Waals surface area contributed by atoms with Gasteiger partial charge in [-0.3, -0.25) is 0 Å². The van der Waals surface area contributed by atoms with E-state index in [1.807, 2.05) is 0 Å². The van der Waals surface area contributed by atoms with Gasteiger partial charge in [0.1, 0.15) is 0 Å². The second-order valence-electron chi connectivity index (χ2n) is 4.37.